The van der Waals surface area contributed by atoms with Gasteiger partial charge in [-0.25, -0.2) is 0 Å². The summed E-state index contributed by atoms with van der Waals surface area (Å²) in [5.41, 5.74) is 3.14. The minimum Gasteiger partial charge on any atom is -0.380 e. The second-order valence-electron chi connectivity index (χ2n) is 6.66. The van der Waals surface area contributed by atoms with Crippen LogP contribution in [0, 0.1) is 0 Å². The topological polar surface area (TPSA) is 71.1 Å². The van der Waals surface area contributed by atoms with E-state index in [4.69, 9.17) is 0 Å². The van der Waals surface area contributed by atoms with Gasteiger partial charge < -0.3 is 10.6 Å². The molecule has 2 aromatic carbocycles. The number of hydrogen-bond donors (Lipinski definition) is 2. The molecular formula is C21H23N3O2. The smallest absolute Gasteiger partial charge is 0.253 e. The van der Waals surface area contributed by atoms with Crippen LogP contribution in [0.5, 0.6) is 0 Å². The van der Waals surface area contributed by atoms with Crippen LogP contribution in [-0.4, -0.2) is 11.5 Å². The predicted octanol–water partition coefficient (Wildman–Crippen LogP) is 3.07. The highest BCUT2D eigenvalue weighted by atomic mass is 16.2. The minimum atomic E-state index is -0.468. The first-order valence-corrected chi connectivity index (χ1v) is 8.86. The first-order chi connectivity index (χ1) is 12.6. The molecule has 0 amide bonds. The molecule has 0 bridgehead atoms. The quantitative estimate of drug-likeness (QED) is 0.612. The van der Waals surface area contributed by atoms with Gasteiger partial charge in [0, 0.05) is 12.7 Å². The highest BCUT2D eigenvalue weighted by molar-refractivity contribution is 5.73. The molecule has 0 saturated heterocycles. The summed E-state index contributed by atoms with van der Waals surface area (Å²) in [6.07, 6.45) is 2.49. The summed E-state index contributed by atoms with van der Waals surface area (Å²) < 4.78 is 0. The van der Waals surface area contributed by atoms with Crippen LogP contribution in [0.25, 0.3) is 0 Å². The molecule has 3 rings (SSSR count). The molecule has 0 spiro atoms. The first kappa shape index (κ1) is 17.9. The predicted molar refractivity (Wildman–Crippen MR) is 106 cm³/mol. The summed E-state index contributed by atoms with van der Waals surface area (Å²) in [4.78, 5) is 27.8. The van der Waals surface area contributed by atoms with E-state index in [0.717, 1.165) is 12.1 Å². The molecule has 0 unspecified atom stereocenters. The minimum absolute atomic E-state index is 0.357. The van der Waals surface area contributed by atoms with Crippen molar-refractivity contribution < 1.29 is 0 Å². The number of anilines is 2. The fraction of sp³-hybridized carbons (Fsp3) is 0.286. The third kappa shape index (κ3) is 3.99. The molecule has 0 aliphatic heterocycles. The van der Waals surface area contributed by atoms with Crippen molar-refractivity contribution in [3.8, 4) is 0 Å². The van der Waals surface area contributed by atoms with E-state index in [9.17, 15) is 9.59 Å². The standard InChI is InChI=1S/C21H23N3O2/c1-14(2)16-8-6-15(7-9-16)10-12-23-18-19(21(26)20(18)25)24-13-17-5-3-4-11-22-17/h3-9,11,14,23-24H,10,12-13H2,1-2H3. The number of rotatable bonds is 8. The van der Waals surface area contributed by atoms with Crippen LogP contribution in [0.4, 0.5) is 11.4 Å². The van der Waals surface area contributed by atoms with Gasteiger partial charge in [0.05, 0.1) is 12.2 Å². The summed E-state index contributed by atoms with van der Waals surface area (Å²) in [6.45, 7) is 5.35. The van der Waals surface area contributed by atoms with Crippen LogP contribution < -0.4 is 21.5 Å². The average Bonchev–Trinajstić information content (AvgIpc) is 2.67. The Kier molecular flexibility index (Phi) is 5.46. The Morgan fingerprint density at radius 3 is 2.23 bits per heavy atom. The summed E-state index contributed by atoms with van der Waals surface area (Å²) >= 11 is 0. The van der Waals surface area contributed by atoms with Gasteiger partial charge >= 0.3 is 0 Å². The molecule has 26 heavy (non-hydrogen) atoms. The summed E-state index contributed by atoms with van der Waals surface area (Å²) in [6, 6.07) is 14.1. The van der Waals surface area contributed by atoms with Crippen LogP contribution >= 0.6 is 0 Å². The van der Waals surface area contributed by atoms with Crippen molar-refractivity contribution in [3.05, 3.63) is 85.9 Å². The summed E-state index contributed by atoms with van der Waals surface area (Å²) in [7, 11) is 0. The van der Waals surface area contributed by atoms with E-state index in [-0.39, 0.29) is 0 Å². The Morgan fingerprint density at radius 2 is 1.62 bits per heavy atom. The van der Waals surface area contributed by atoms with Crippen molar-refractivity contribution >= 4 is 11.4 Å². The molecule has 0 aliphatic rings. The molecule has 134 valence electrons. The van der Waals surface area contributed by atoms with E-state index in [0.29, 0.717) is 30.4 Å². The van der Waals surface area contributed by atoms with Crippen LogP contribution in [0.1, 0.15) is 36.6 Å². The lowest BCUT2D eigenvalue weighted by Crippen LogP contribution is -2.37. The maximum Gasteiger partial charge on any atom is 0.253 e. The molecule has 2 N–H and O–H groups in total. The van der Waals surface area contributed by atoms with E-state index in [1.165, 1.54) is 11.1 Å². The van der Waals surface area contributed by atoms with Gasteiger partial charge in [-0.05, 0) is 35.6 Å². The van der Waals surface area contributed by atoms with Gasteiger partial charge in [0.15, 0.2) is 0 Å². The highest BCUT2D eigenvalue weighted by Gasteiger charge is 2.20. The number of hydrogen-bond acceptors (Lipinski definition) is 5. The number of nitrogens with one attached hydrogen (secondary N) is 2. The van der Waals surface area contributed by atoms with E-state index in [1.54, 1.807) is 6.20 Å². The van der Waals surface area contributed by atoms with Gasteiger partial charge in [0.25, 0.3) is 10.9 Å². The molecular weight excluding hydrogens is 326 g/mol. The zero-order valence-corrected chi connectivity index (χ0v) is 15.1. The van der Waals surface area contributed by atoms with Crippen molar-refractivity contribution in [2.24, 2.45) is 0 Å². The van der Waals surface area contributed by atoms with Crippen molar-refractivity contribution in [2.45, 2.75) is 32.7 Å². The van der Waals surface area contributed by atoms with Gasteiger partial charge in [0.1, 0.15) is 11.4 Å². The zero-order chi connectivity index (χ0) is 18.5. The molecule has 1 aromatic heterocycles. The Hall–Kier alpha value is -2.95. The zero-order valence-electron chi connectivity index (χ0n) is 15.1. The number of pyridine rings is 1. The van der Waals surface area contributed by atoms with E-state index in [2.05, 4.69) is 53.7 Å². The Bertz CT molecular complexity index is 924. The molecule has 0 atom stereocenters. The molecule has 0 aliphatic carbocycles. The molecule has 3 aromatic rings. The highest BCUT2D eigenvalue weighted by Crippen LogP contribution is 2.17. The second-order valence-corrected chi connectivity index (χ2v) is 6.66. The lowest BCUT2D eigenvalue weighted by Gasteiger charge is -2.15. The van der Waals surface area contributed by atoms with Crippen LogP contribution in [0.3, 0.4) is 0 Å². The maximum absolute atomic E-state index is 11.8. The largest absolute Gasteiger partial charge is 0.380 e. The third-order valence-electron chi connectivity index (χ3n) is 4.44. The van der Waals surface area contributed by atoms with Crippen LogP contribution in [0.2, 0.25) is 0 Å². The molecule has 0 fully saturated rings. The summed E-state index contributed by atoms with van der Waals surface area (Å²) in [5.74, 6) is 0.513. The van der Waals surface area contributed by atoms with Gasteiger partial charge in [-0.1, -0.05) is 44.2 Å². The Labute approximate surface area is 152 Å². The van der Waals surface area contributed by atoms with Crippen molar-refractivity contribution in [1.82, 2.24) is 4.98 Å². The lowest BCUT2D eigenvalue weighted by molar-refractivity contribution is 0.864. The molecule has 0 radical (unpaired) electrons. The fourth-order valence-electron chi connectivity index (χ4n) is 2.81. The van der Waals surface area contributed by atoms with Gasteiger partial charge in [0.2, 0.25) is 0 Å². The molecule has 1 heterocycles. The number of aromatic nitrogens is 1. The van der Waals surface area contributed by atoms with E-state index < -0.39 is 10.9 Å². The monoisotopic (exact) mass is 349 g/mol. The molecule has 0 saturated carbocycles. The third-order valence-corrected chi connectivity index (χ3v) is 4.44. The normalized spacial score (nSPS) is 11.0. The molecule has 5 nitrogen and oxygen atoms in total. The van der Waals surface area contributed by atoms with Gasteiger partial charge in [-0.15, -0.1) is 0 Å². The molecule has 5 heteroatoms. The van der Waals surface area contributed by atoms with Gasteiger partial charge in [-0.3, -0.25) is 14.6 Å². The summed E-state index contributed by atoms with van der Waals surface area (Å²) in [5, 5.41) is 6.12. The Morgan fingerprint density at radius 1 is 0.923 bits per heavy atom. The average molecular weight is 349 g/mol. The van der Waals surface area contributed by atoms with E-state index in [1.807, 2.05) is 18.2 Å². The number of nitrogens with zero attached hydrogens (tertiary/aromatic N) is 1. The SMILES string of the molecule is CC(C)c1ccc(CCNc2c(NCc3ccccn3)c(=O)c2=O)cc1. The van der Waals surface area contributed by atoms with E-state index >= 15 is 0 Å². The van der Waals surface area contributed by atoms with Crippen LogP contribution in [0.15, 0.2) is 58.3 Å². The maximum atomic E-state index is 11.8. The Balaban J connectivity index is 1.56. The lowest BCUT2D eigenvalue weighted by atomic mass is 10.0. The van der Waals surface area contributed by atoms with Crippen molar-refractivity contribution in [3.63, 3.8) is 0 Å². The van der Waals surface area contributed by atoms with Gasteiger partial charge in [-0.2, -0.15) is 0 Å². The van der Waals surface area contributed by atoms with Crippen molar-refractivity contribution in [1.29, 1.82) is 0 Å². The second kappa shape index (κ2) is 7.95. The first-order valence-electron chi connectivity index (χ1n) is 8.86. The number of benzene rings is 1. The van der Waals surface area contributed by atoms with Crippen LogP contribution in [-0.2, 0) is 13.0 Å². The van der Waals surface area contributed by atoms with Crippen molar-refractivity contribution in [2.75, 3.05) is 17.2 Å². The fourth-order valence-corrected chi connectivity index (χ4v) is 2.81.